The van der Waals surface area contributed by atoms with Crippen LogP contribution in [-0.2, 0) is 5.41 Å². The lowest BCUT2D eigenvalue weighted by Gasteiger charge is -2.41. The Morgan fingerprint density at radius 3 is 1.88 bits per heavy atom. The molecule has 2 atom stereocenters. The van der Waals surface area contributed by atoms with Crippen molar-refractivity contribution in [3.63, 3.8) is 0 Å². The van der Waals surface area contributed by atoms with Crippen molar-refractivity contribution in [1.29, 1.82) is 0 Å². The highest BCUT2D eigenvalue weighted by Gasteiger charge is 2.40. The first-order valence-electron chi connectivity index (χ1n) is 12.4. The van der Waals surface area contributed by atoms with Gasteiger partial charge in [0.25, 0.3) is 0 Å². The molecule has 0 saturated heterocycles. The third-order valence-corrected chi connectivity index (χ3v) is 6.35. The van der Waals surface area contributed by atoms with Crippen molar-refractivity contribution >= 4 is 0 Å². The molecule has 0 saturated carbocycles. The summed E-state index contributed by atoms with van der Waals surface area (Å²) in [5, 5.41) is 0. The van der Waals surface area contributed by atoms with E-state index >= 15 is 0 Å². The predicted octanol–water partition coefficient (Wildman–Crippen LogP) is 10.5. The zero-order chi connectivity index (χ0) is 24.7. The fraction of sp³-hybridized carbons (Fsp3) is 0.353. The Morgan fingerprint density at radius 1 is 0.912 bits per heavy atom. The maximum absolute atomic E-state index is 3.00. The van der Waals surface area contributed by atoms with Crippen LogP contribution in [0.2, 0.25) is 0 Å². The molecule has 0 amide bonds. The molecule has 184 valence electrons. The van der Waals surface area contributed by atoms with Crippen molar-refractivity contribution in [2.24, 2.45) is 11.8 Å². The average Bonchev–Trinajstić information content (AvgIpc) is 2.93. The zero-order valence-electron chi connectivity index (χ0n) is 21.7. The number of allylic oxidation sites excluding steroid dienone is 8. The molecule has 34 heavy (non-hydrogen) atoms. The number of benzene rings is 2. The molecule has 0 fully saturated rings. The molecule has 0 bridgehead atoms. The molecule has 0 radical (unpaired) electrons. The number of rotatable bonds is 4. The van der Waals surface area contributed by atoms with E-state index in [1.54, 1.807) is 0 Å². The molecule has 0 aliphatic heterocycles. The van der Waals surface area contributed by atoms with E-state index in [0.29, 0.717) is 11.8 Å². The lowest BCUT2D eigenvalue weighted by Crippen LogP contribution is -2.34. The molecule has 1 aliphatic carbocycles. The first kappa shape index (κ1) is 31.1. The van der Waals surface area contributed by atoms with Gasteiger partial charge in [-0.1, -0.05) is 150 Å². The Labute approximate surface area is 211 Å². The van der Waals surface area contributed by atoms with Crippen LogP contribution in [0.15, 0.2) is 121 Å². The Hall–Kier alpha value is -2.86. The van der Waals surface area contributed by atoms with Gasteiger partial charge in [0.1, 0.15) is 0 Å². The SMILES string of the molecule is C.C=C.CC.CC/C=C\C=C1/C(C)C(C)/C=C\C(C)=C/CC1(c1ccccc1)c1ccccc1. The molecule has 0 spiro atoms. The van der Waals surface area contributed by atoms with Crippen LogP contribution < -0.4 is 0 Å². The Morgan fingerprint density at radius 2 is 1.41 bits per heavy atom. The summed E-state index contributed by atoms with van der Waals surface area (Å²) in [5.41, 5.74) is 5.38. The van der Waals surface area contributed by atoms with E-state index < -0.39 is 0 Å². The number of hydrogen-bond donors (Lipinski definition) is 0. The van der Waals surface area contributed by atoms with Gasteiger partial charge in [0.15, 0.2) is 0 Å². The zero-order valence-corrected chi connectivity index (χ0v) is 21.7. The summed E-state index contributed by atoms with van der Waals surface area (Å²) in [6.07, 6.45) is 16.0. The van der Waals surface area contributed by atoms with Gasteiger partial charge in [-0.2, -0.15) is 0 Å². The fourth-order valence-electron chi connectivity index (χ4n) is 4.42. The van der Waals surface area contributed by atoms with Gasteiger partial charge in [-0.15, -0.1) is 13.2 Å². The van der Waals surface area contributed by atoms with Crippen LogP contribution >= 0.6 is 0 Å². The number of hydrogen-bond acceptors (Lipinski definition) is 0. The van der Waals surface area contributed by atoms with Crippen LogP contribution in [0.1, 0.15) is 72.9 Å². The molecule has 2 unspecified atom stereocenters. The molecule has 2 aromatic carbocycles. The first-order valence-corrected chi connectivity index (χ1v) is 12.4. The van der Waals surface area contributed by atoms with E-state index in [0.717, 1.165) is 12.8 Å². The van der Waals surface area contributed by atoms with Gasteiger partial charge in [-0.3, -0.25) is 0 Å². The van der Waals surface area contributed by atoms with Gasteiger partial charge in [0.05, 0.1) is 0 Å². The van der Waals surface area contributed by atoms with Crippen molar-refractivity contribution in [3.8, 4) is 0 Å². The second-order valence-corrected chi connectivity index (χ2v) is 8.25. The summed E-state index contributed by atoms with van der Waals surface area (Å²) in [6.45, 7) is 19.2. The fourth-order valence-corrected chi connectivity index (χ4v) is 4.42. The van der Waals surface area contributed by atoms with Gasteiger partial charge < -0.3 is 0 Å². The van der Waals surface area contributed by atoms with Crippen molar-refractivity contribution in [3.05, 3.63) is 133 Å². The van der Waals surface area contributed by atoms with E-state index in [9.17, 15) is 0 Å². The Balaban J connectivity index is 0.00000207. The molecule has 0 aromatic heterocycles. The Bertz CT molecular complexity index is 870. The molecular weight excluding hydrogens is 408 g/mol. The molecule has 0 heterocycles. The van der Waals surface area contributed by atoms with Crippen LogP contribution in [0.5, 0.6) is 0 Å². The minimum Gasteiger partial charge on any atom is -0.106 e. The largest absolute Gasteiger partial charge is 0.106 e. The van der Waals surface area contributed by atoms with Crippen molar-refractivity contribution < 1.29 is 0 Å². The van der Waals surface area contributed by atoms with Gasteiger partial charge in [0.2, 0.25) is 0 Å². The van der Waals surface area contributed by atoms with Gasteiger partial charge >= 0.3 is 0 Å². The third-order valence-electron chi connectivity index (χ3n) is 6.35. The highest BCUT2D eigenvalue weighted by molar-refractivity contribution is 5.52. The molecule has 0 N–H and O–H groups in total. The van der Waals surface area contributed by atoms with E-state index in [4.69, 9.17) is 0 Å². The standard InChI is InChI=1S/C29H34.C2H6.C2H4.CH4/c1-5-6-9-18-28-25(4)24(3)20-19-23(2)21-22-29(28,26-14-10-7-11-15-26)27-16-12-8-13-17-27;2*1-2;/h6-21,24-25H,5,22H2,1-4H3;1-2H3;1-2H2;1H4/b9-6-,20-19-,23-21-,28-18+;;;. The van der Waals surface area contributed by atoms with E-state index in [1.165, 1.54) is 22.3 Å². The van der Waals surface area contributed by atoms with E-state index in [1.807, 2.05) is 13.8 Å². The second-order valence-electron chi connectivity index (χ2n) is 8.25. The smallest absolute Gasteiger partial charge is 0.0451 e. The quantitative estimate of drug-likeness (QED) is 0.401. The van der Waals surface area contributed by atoms with Gasteiger partial charge in [0, 0.05) is 5.41 Å². The summed E-state index contributed by atoms with van der Waals surface area (Å²) in [4.78, 5) is 0. The van der Waals surface area contributed by atoms with Crippen LogP contribution in [0.3, 0.4) is 0 Å². The molecule has 2 aromatic rings. The Kier molecular flexibility index (Phi) is 15.3. The van der Waals surface area contributed by atoms with Crippen LogP contribution in [0.25, 0.3) is 0 Å². The maximum atomic E-state index is 3.00. The van der Waals surface area contributed by atoms with Crippen LogP contribution in [0, 0.1) is 11.8 Å². The molecule has 0 heteroatoms. The highest BCUT2D eigenvalue weighted by atomic mass is 14.4. The summed E-state index contributed by atoms with van der Waals surface area (Å²) < 4.78 is 0. The summed E-state index contributed by atoms with van der Waals surface area (Å²) >= 11 is 0. The topological polar surface area (TPSA) is 0 Å². The van der Waals surface area contributed by atoms with Crippen LogP contribution in [-0.4, -0.2) is 0 Å². The summed E-state index contributed by atoms with van der Waals surface area (Å²) in [5.74, 6) is 0.886. The van der Waals surface area contributed by atoms with E-state index in [2.05, 4.69) is 138 Å². The minimum absolute atomic E-state index is 0. The van der Waals surface area contributed by atoms with E-state index in [-0.39, 0.29) is 12.8 Å². The van der Waals surface area contributed by atoms with Crippen molar-refractivity contribution in [2.75, 3.05) is 0 Å². The maximum Gasteiger partial charge on any atom is 0.0451 e. The van der Waals surface area contributed by atoms with Crippen LogP contribution in [0.4, 0.5) is 0 Å². The third kappa shape index (κ3) is 7.59. The molecule has 1 aliphatic rings. The predicted molar refractivity (Wildman–Crippen MR) is 156 cm³/mol. The summed E-state index contributed by atoms with van der Waals surface area (Å²) in [7, 11) is 0. The molecular formula is C34H48. The summed E-state index contributed by atoms with van der Waals surface area (Å²) in [6, 6.07) is 22.1. The lowest BCUT2D eigenvalue weighted by atomic mass is 9.62. The normalized spacial score (nSPS) is 22.8. The minimum atomic E-state index is -0.179. The lowest BCUT2D eigenvalue weighted by molar-refractivity contribution is 0.448. The van der Waals surface area contributed by atoms with Crippen molar-refractivity contribution in [1.82, 2.24) is 0 Å². The van der Waals surface area contributed by atoms with Gasteiger partial charge in [-0.25, -0.2) is 0 Å². The van der Waals surface area contributed by atoms with Gasteiger partial charge in [-0.05, 0) is 42.7 Å². The first-order chi connectivity index (χ1) is 16.1. The highest BCUT2D eigenvalue weighted by Crippen LogP contribution is 2.48. The average molecular weight is 457 g/mol. The van der Waals surface area contributed by atoms with Crippen molar-refractivity contribution in [2.45, 2.75) is 67.2 Å². The molecule has 3 rings (SSSR count). The molecule has 0 nitrogen and oxygen atoms in total. The monoisotopic (exact) mass is 456 g/mol. The second kappa shape index (κ2) is 16.7.